The number of hydrogen-bond donors (Lipinski definition) is 3. The van der Waals surface area contributed by atoms with Crippen molar-refractivity contribution >= 4 is 40.8 Å². The molecule has 0 radical (unpaired) electrons. The van der Waals surface area contributed by atoms with Crippen molar-refractivity contribution < 1.29 is 14.7 Å². The Morgan fingerprint density at radius 2 is 1.74 bits per heavy atom. The molecule has 0 spiro atoms. The predicted molar refractivity (Wildman–Crippen MR) is 74.9 cm³/mol. The van der Waals surface area contributed by atoms with Gasteiger partial charge in [-0.05, 0) is 19.1 Å². The Balaban J connectivity index is 3.03. The van der Waals surface area contributed by atoms with Crippen LogP contribution in [0.3, 0.4) is 0 Å². The Kier molecular flexibility index (Phi) is 5.17. The fourth-order valence-corrected chi connectivity index (χ4v) is 1.87. The van der Waals surface area contributed by atoms with Gasteiger partial charge in [0.05, 0.1) is 27.2 Å². The smallest absolute Gasteiger partial charge is 0.335 e. The van der Waals surface area contributed by atoms with Gasteiger partial charge in [-0.15, -0.1) is 0 Å². The van der Waals surface area contributed by atoms with Gasteiger partial charge in [0.2, 0.25) is 5.91 Å². The van der Waals surface area contributed by atoms with Crippen LogP contribution in [0.4, 0.5) is 5.69 Å². The van der Waals surface area contributed by atoms with Gasteiger partial charge in [0.1, 0.15) is 0 Å². The second kappa shape index (κ2) is 6.23. The van der Waals surface area contributed by atoms with E-state index in [1.165, 1.54) is 12.1 Å². The molecule has 7 heteroatoms. The number of nitrogens with two attached hydrogens (primary N) is 1. The fraction of sp³-hybridized carbons (Fsp3) is 0.333. The molecule has 0 saturated carbocycles. The number of nitrogens with one attached hydrogen (secondary N) is 1. The summed E-state index contributed by atoms with van der Waals surface area (Å²) in [6, 6.07) is 2.12. The number of anilines is 1. The number of aromatic carboxylic acids is 1. The predicted octanol–water partition coefficient (Wildman–Crippen LogP) is 2.61. The molecule has 0 bridgehead atoms. The van der Waals surface area contributed by atoms with E-state index >= 15 is 0 Å². The normalized spacial score (nSPS) is 13.7. The van der Waals surface area contributed by atoms with Crippen LogP contribution in [0.5, 0.6) is 0 Å². The molecule has 2 atom stereocenters. The molecule has 19 heavy (non-hydrogen) atoms. The highest BCUT2D eigenvalue weighted by atomic mass is 35.5. The van der Waals surface area contributed by atoms with Crippen LogP contribution in [-0.2, 0) is 4.79 Å². The summed E-state index contributed by atoms with van der Waals surface area (Å²) in [7, 11) is 0. The number of carbonyl (C=O) groups is 2. The molecule has 1 amide bonds. The molecule has 0 aliphatic heterocycles. The summed E-state index contributed by atoms with van der Waals surface area (Å²) in [5.41, 5.74) is 5.76. The average molecular weight is 305 g/mol. The Bertz CT molecular complexity index is 495. The molecule has 0 saturated heterocycles. The quantitative estimate of drug-likeness (QED) is 0.797. The molecule has 0 heterocycles. The van der Waals surface area contributed by atoms with Gasteiger partial charge in [-0.2, -0.15) is 0 Å². The minimum absolute atomic E-state index is 0.0479. The Hall–Kier alpha value is -1.30. The molecule has 4 N–H and O–H groups in total. The molecule has 0 aliphatic rings. The summed E-state index contributed by atoms with van der Waals surface area (Å²) in [5, 5.41) is 11.5. The maximum Gasteiger partial charge on any atom is 0.335 e. The molecule has 1 aromatic carbocycles. The lowest BCUT2D eigenvalue weighted by Crippen LogP contribution is -2.34. The van der Waals surface area contributed by atoms with Crippen molar-refractivity contribution in [3.8, 4) is 0 Å². The van der Waals surface area contributed by atoms with E-state index in [9.17, 15) is 9.59 Å². The summed E-state index contributed by atoms with van der Waals surface area (Å²) < 4.78 is 0. The van der Waals surface area contributed by atoms with Crippen LogP contribution in [-0.4, -0.2) is 23.0 Å². The number of halogens is 2. The maximum absolute atomic E-state index is 11.9. The number of benzene rings is 1. The summed E-state index contributed by atoms with van der Waals surface area (Å²) >= 11 is 11.8. The van der Waals surface area contributed by atoms with Crippen molar-refractivity contribution in [1.82, 2.24) is 0 Å². The van der Waals surface area contributed by atoms with Crippen LogP contribution in [0.25, 0.3) is 0 Å². The van der Waals surface area contributed by atoms with E-state index in [2.05, 4.69) is 5.32 Å². The van der Waals surface area contributed by atoms with Crippen molar-refractivity contribution in [1.29, 1.82) is 0 Å². The third kappa shape index (κ3) is 3.83. The number of carboxylic acid groups (broad SMARTS) is 1. The van der Waals surface area contributed by atoms with E-state index in [1.807, 2.05) is 0 Å². The minimum atomic E-state index is -1.15. The van der Waals surface area contributed by atoms with Crippen molar-refractivity contribution in [3.63, 3.8) is 0 Å². The number of carbonyl (C=O) groups excluding carboxylic acids is 1. The highest BCUT2D eigenvalue weighted by Gasteiger charge is 2.20. The Labute approximate surface area is 120 Å². The van der Waals surface area contributed by atoms with Crippen molar-refractivity contribution in [3.05, 3.63) is 27.7 Å². The SMILES string of the molecule is CC(N)C(C)C(=O)Nc1c(Cl)cc(C(=O)O)cc1Cl. The van der Waals surface area contributed by atoms with Crippen LogP contribution in [0.15, 0.2) is 12.1 Å². The molecule has 104 valence electrons. The van der Waals surface area contributed by atoms with Gasteiger partial charge >= 0.3 is 5.97 Å². The fourth-order valence-electron chi connectivity index (χ4n) is 1.29. The van der Waals surface area contributed by atoms with Gasteiger partial charge in [-0.25, -0.2) is 4.79 Å². The van der Waals surface area contributed by atoms with E-state index < -0.39 is 11.9 Å². The minimum Gasteiger partial charge on any atom is -0.478 e. The number of carboxylic acids is 1. The highest BCUT2D eigenvalue weighted by molar-refractivity contribution is 6.40. The zero-order valence-corrected chi connectivity index (χ0v) is 11.9. The van der Waals surface area contributed by atoms with Crippen LogP contribution in [0, 0.1) is 5.92 Å². The summed E-state index contributed by atoms with van der Waals surface area (Å²) in [5.74, 6) is -1.90. The van der Waals surface area contributed by atoms with Gasteiger partial charge < -0.3 is 16.2 Å². The first-order chi connectivity index (χ1) is 8.73. The van der Waals surface area contributed by atoms with E-state index in [0.29, 0.717) is 0 Å². The molecule has 0 aliphatic carbocycles. The number of rotatable bonds is 4. The van der Waals surface area contributed by atoms with Crippen LogP contribution >= 0.6 is 23.2 Å². The van der Waals surface area contributed by atoms with Crippen LogP contribution < -0.4 is 11.1 Å². The topological polar surface area (TPSA) is 92.4 Å². The first-order valence-corrected chi connectivity index (χ1v) is 6.28. The van der Waals surface area contributed by atoms with E-state index in [0.717, 1.165) is 0 Å². The van der Waals surface area contributed by atoms with Crippen molar-refractivity contribution in [2.24, 2.45) is 11.7 Å². The van der Waals surface area contributed by atoms with E-state index in [1.54, 1.807) is 13.8 Å². The Morgan fingerprint density at radius 3 is 2.11 bits per heavy atom. The number of amides is 1. The monoisotopic (exact) mass is 304 g/mol. The van der Waals surface area contributed by atoms with Gasteiger partial charge in [0, 0.05) is 6.04 Å². The zero-order chi connectivity index (χ0) is 14.7. The first kappa shape index (κ1) is 15.8. The molecule has 1 rings (SSSR count). The average Bonchev–Trinajstić information content (AvgIpc) is 2.31. The van der Waals surface area contributed by atoms with Crippen LogP contribution in [0.2, 0.25) is 10.0 Å². The van der Waals surface area contributed by atoms with Crippen LogP contribution in [0.1, 0.15) is 24.2 Å². The van der Waals surface area contributed by atoms with Crippen molar-refractivity contribution in [2.45, 2.75) is 19.9 Å². The summed E-state index contributed by atoms with van der Waals surface area (Å²) in [6.45, 7) is 3.38. The molecular weight excluding hydrogens is 291 g/mol. The number of hydrogen-bond acceptors (Lipinski definition) is 3. The third-order valence-electron chi connectivity index (χ3n) is 2.74. The summed E-state index contributed by atoms with van der Waals surface area (Å²) in [4.78, 5) is 22.7. The molecular formula is C12H14Cl2N2O3. The van der Waals surface area contributed by atoms with Crippen molar-refractivity contribution in [2.75, 3.05) is 5.32 Å². The zero-order valence-electron chi connectivity index (χ0n) is 10.4. The molecule has 2 unspecified atom stereocenters. The van der Waals surface area contributed by atoms with Gasteiger partial charge in [0.15, 0.2) is 0 Å². The van der Waals surface area contributed by atoms with Gasteiger partial charge in [0.25, 0.3) is 0 Å². The lowest BCUT2D eigenvalue weighted by Gasteiger charge is -2.17. The largest absolute Gasteiger partial charge is 0.478 e. The highest BCUT2D eigenvalue weighted by Crippen LogP contribution is 2.32. The summed E-state index contributed by atoms with van der Waals surface area (Å²) in [6.07, 6.45) is 0. The Morgan fingerprint density at radius 1 is 1.26 bits per heavy atom. The van der Waals surface area contributed by atoms with E-state index in [4.69, 9.17) is 34.0 Å². The second-order valence-corrected chi connectivity index (χ2v) is 5.07. The van der Waals surface area contributed by atoms with E-state index in [-0.39, 0.29) is 33.2 Å². The molecule has 1 aromatic rings. The maximum atomic E-state index is 11.9. The lowest BCUT2D eigenvalue weighted by atomic mass is 10.0. The molecule has 5 nitrogen and oxygen atoms in total. The lowest BCUT2D eigenvalue weighted by molar-refractivity contribution is -0.119. The standard InChI is InChI=1S/C12H14Cl2N2O3/c1-5(6(2)15)11(17)16-10-8(13)3-7(12(18)19)4-9(10)14/h3-6H,15H2,1-2H3,(H,16,17)(H,18,19). The van der Waals surface area contributed by atoms with Gasteiger partial charge in [-0.1, -0.05) is 30.1 Å². The third-order valence-corrected chi connectivity index (χ3v) is 3.34. The second-order valence-electron chi connectivity index (χ2n) is 4.26. The molecule has 0 fully saturated rings. The molecule has 0 aromatic heterocycles. The van der Waals surface area contributed by atoms with Gasteiger partial charge in [-0.3, -0.25) is 4.79 Å². The first-order valence-electron chi connectivity index (χ1n) is 5.52.